The molecule has 0 atom stereocenters. The number of hydrogen-bond donors (Lipinski definition) is 1. The summed E-state index contributed by atoms with van der Waals surface area (Å²) in [7, 11) is 0. The predicted octanol–water partition coefficient (Wildman–Crippen LogP) is 5.73. The maximum absolute atomic E-state index is 13.0. The highest BCUT2D eigenvalue weighted by molar-refractivity contribution is 6.37. The van der Waals surface area contributed by atoms with Crippen molar-refractivity contribution in [3.05, 3.63) is 62.5 Å². The van der Waals surface area contributed by atoms with Crippen molar-refractivity contribution in [3.63, 3.8) is 0 Å². The lowest BCUT2D eigenvalue weighted by Gasteiger charge is -2.13. The number of pyridine rings is 1. The quantitative estimate of drug-likeness (QED) is 0.593. The van der Waals surface area contributed by atoms with Crippen LogP contribution in [0.1, 0.15) is 32.9 Å². The summed E-state index contributed by atoms with van der Waals surface area (Å²) in [6.45, 7) is 3.27. The molecule has 0 unspecified atom stereocenters. The van der Waals surface area contributed by atoms with Crippen molar-refractivity contribution in [2.24, 2.45) is 0 Å². The van der Waals surface area contributed by atoms with Crippen LogP contribution >= 0.6 is 23.2 Å². The molecule has 0 aliphatic rings. The number of aromatic nitrogens is 2. The Kier molecular flexibility index (Phi) is 4.86. The molecular formula is C18H13Cl2F3N2O2. The first-order valence-electron chi connectivity index (χ1n) is 7.75. The van der Waals surface area contributed by atoms with Crippen LogP contribution in [0.5, 0.6) is 0 Å². The number of aryl methyl sites for hydroxylation is 2. The maximum atomic E-state index is 13.0. The van der Waals surface area contributed by atoms with Gasteiger partial charge in [0.2, 0.25) is 0 Å². The first kappa shape index (κ1) is 19.5. The summed E-state index contributed by atoms with van der Waals surface area (Å²) in [5.41, 5.74) is 0.649. The summed E-state index contributed by atoms with van der Waals surface area (Å²) in [4.78, 5) is 15.0. The average Bonchev–Trinajstić information content (AvgIpc) is 2.87. The molecule has 3 aromatic rings. The third-order valence-corrected chi connectivity index (χ3v) is 5.05. The van der Waals surface area contributed by atoms with Gasteiger partial charge in [-0.1, -0.05) is 23.2 Å². The van der Waals surface area contributed by atoms with Crippen molar-refractivity contribution in [2.45, 2.75) is 26.6 Å². The van der Waals surface area contributed by atoms with Crippen LogP contribution in [-0.4, -0.2) is 20.6 Å². The van der Waals surface area contributed by atoms with E-state index in [1.165, 1.54) is 19.1 Å². The zero-order chi connectivity index (χ0) is 20.1. The van der Waals surface area contributed by atoms with Crippen LogP contribution in [-0.2, 0) is 12.7 Å². The van der Waals surface area contributed by atoms with Crippen molar-refractivity contribution in [2.75, 3.05) is 0 Å². The number of carboxylic acids is 1. The summed E-state index contributed by atoms with van der Waals surface area (Å²) in [5, 5.41) is 9.89. The number of benzene rings is 1. The van der Waals surface area contributed by atoms with E-state index >= 15 is 0 Å². The number of halogens is 5. The van der Waals surface area contributed by atoms with Gasteiger partial charge in [-0.25, -0.2) is 9.78 Å². The highest BCUT2D eigenvalue weighted by atomic mass is 35.5. The molecular weight excluding hydrogens is 404 g/mol. The van der Waals surface area contributed by atoms with E-state index in [1.54, 1.807) is 17.7 Å². The smallest absolute Gasteiger partial charge is 0.433 e. The van der Waals surface area contributed by atoms with Crippen molar-refractivity contribution < 1.29 is 23.1 Å². The number of fused-ring (bicyclic) bond motifs is 1. The second kappa shape index (κ2) is 6.73. The van der Waals surface area contributed by atoms with E-state index in [0.29, 0.717) is 22.0 Å². The molecule has 1 N–H and O–H groups in total. The van der Waals surface area contributed by atoms with Gasteiger partial charge in [0.05, 0.1) is 28.3 Å². The number of carbonyl (C=O) groups is 1. The van der Waals surface area contributed by atoms with Crippen molar-refractivity contribution >= 4 is 40.1 Å². The Labute approximate surface area is 162 Å². The topological polar surface area (TPSA) is 55.1 Å². The third kappa shape index (κ3) is 3.49. The number of rotatable bonds is 3. The summed E-state index contributed by atoms with van der Waals surface area (Å²) in [5.74, 6) is -1.20. The minimum absolute atomic E-state index is 0.00738. The number of nitrogens with zero attached hydrogens (tertiary/aromatic N) is 2. The minimum atomic E-state index is -4.55. The van der Waals surface area contributed by atoms with Gasteiger partial charge < -0.3 is 9.67 Å². The van der Waals surface area contributed by atoms with Crippen LogP contribution in [0.25, 0.3) is 10.9 Å². The number of carboxylic acid groups (broad SMARTS) is 1. The third-order valence-electron chi connectivity index (χ3n) is 4.26. The van der Waals surface area contributed by atoms with E-state index in [9.17, 15) is 23.1 Å². The molecule has 0 aliphatic heterocycles. The minimum Gasteiger partial charge on any atom is -0.478 e. The van der Waals surface area contributed by atoms with Crippen molar-refractivity contribution in [1.29, 1.82) is 0 Å². The first-order valence-corrected chi connectivity index (χ1v) is 8.50. The number of hydrogen-bond acceptors (Lipinski definition) is 2. The van der Waals surface area contributed by atoms with Crippen LogP contribution < -0.4 is 0 Å². The second-order valence-electron chi connectivity index (χ2n) is 6.12. The van der Waals surface area contributed by atoms with Crippen LogP contribution in [0.15, 0.2) is 24.4 Å². The fourth-order valence-corrected chi connectivity index (χ4v) is 3.62. The molecule has 0 fully saturated rings. The van der Waals surface area contributed by atoms with Crippen molar-refractivity contribution in [3.8, 4) is 0 Å². The van der Waals surface area contributed by atoms with Gasteiger partial charge in [0.15, 0.2) is 0 Å². The summed E-state index contributed by atoms with van der Waals surface area (Å²) in [6.07, 6.45) is -2.88. The standard InChI is InChI=1S/C18H13Cl2F3N2O2/c1-8-6-25(7-12-13(19)4-3-10(15(12)20)17(26)27)16-9(2)24-14(5-11(8)16)18(21,22)23/h3-6H,7H2,1-2H3,(H,26,27). The van der Waals surface area contributed by atoms with Crippen LogP contribution in [0.2, 0.25) is 10.0 Å². The van der Waals surface area contributed by atoms with Gasteiger partial charge in [-0.2, -0.15) is 13.2 Å². The van der Waals surface area contributed by atoms with Crippen LogP contribution in [0, 0.1) is 13.8 Å². The molecule has 2 aromatic heterocycles. The van der Waals surface area contributed by atoms with Crippen LogP contribution in [0.4, 0.5) is 13.2 Å². The van der Waals surface area contributed by atoms with Crippen molar-refractivity contribution in [1.82, 2.24) is 9.55 Å². The van der Waals surface area contributed by atoms with Gasteiger partial charge in [0.25, 0.3) is 0 Å². The Bertz CT molecular complexity index is 1070. The zero-order valence-corrected chi connectivity index (χ0v) is 15.7. The lowest BCUT2D eigenvalue weighted by molar-refractivity contribution is -0.141. The first-order chi connectivity index (χ1) is 12.5. The maximum Gasteiger partial charge on any atom is 0.433 e. The molecule has 142 valence electrons. The Balaban J connectivity index is 2.18. The Morgan fingerprint density at radius 3 is 2.52 bits per heavy atom. The van der Waals surface area contributed by atoms with Gasteiger partial charge >= 0.3 is 12.1 Å². The van der Waals surface area contributed by atoms with E-state index < -0.39 is 17.8 Å². The molecule has 0 bridgehead atoms. The Morgan fingerprint density at radius 1 is 1.26 bits per heavy atom. The fourth-order valence-electron chi connectivity index (χ4n) is 3.04. The molecule has 2 heterocycles. The normalized spacial score (nSPS) is 12.0. The van der Waals surface area contributed by atoms with Gasteiger partial charge in [0.1, 0.15) is 5.69 Å². The summed E-state index contributed by atoms with van der Waals surface area (Å²) < 4.78 is 40.8. The predicted molar refractivity (Wildman–Crippen MR) is 96.7 cm³/mol. The highest BCUT2D eigenvalue weighted by Crippen LogP contribution is 2.34. The lowest BCUT2D eigenvalue weighted by atomic mass is 10.1. The fraction of sp³-hybridized carbons (Fsp3) is 0.222. The lowest BCUT2D eigenvalue weighted by Crippen LogP contribution is -2.10. The molecule has 27 heavy (non-hydrogen) atoms. The molecule has 0 amide bonds. The Hall–Kier alpha value is -2.25. The van der Waals surface area contributed by atoms with Crippen LogP contribution in [0.3, 0.4) is 0 Å². The average molecular weight is 417 g/mol. The van der Waals surface area contributed by atoms with E-state index in [2.05, 4.69) is 4.98 Å². The van der Waals surface area contributed by atoms with Gasteiger partial charge in [0, 0.05) is 22.2 Å². The largest absolute Gasteiger partial charge is 0.478 e. The SMILES string of the molecule is Cc1cn(Cc2c(Cl)ccc(C(=O)O)c2Cl)c2c(C)nc(C(F)(F)F)cc12. The molecule has 9 heteroatoms. The molecule has 0 saturated carbocycles. The molecule has 1 aromatic carbocycles. The Morgan fingerprint density at radius 2 is 1.93 bits per heavy atom. The van der Waals surface area contributed by atoms with E-state index in [1.807, 2.05) is 0 Å². The molecule has 0 saturated heterocycles. The molecule has 4 nitrogen and oxygen atoms in total. The monoisotopic (exact) mass is 416 g/mol. The number of aromatic carboxylic acids is 1. The van der Waals surface area contributed by atoms with Gasteiger partial charge in [-0.15, -0.1) is 0 Å². The van der Waals surface area contributed by atoms with E-state index in [-0.39, 0.29) is 27.8 Å². The highest BCUT2D eigenvalue weighted by Gasteiger charge is 2.33. The zero-order valence-electron chi connectivity index (χ0n) is 14.2. The molecule has 3 rings (SSSR count). The van der Waals surface area contributed by atoms with E-state index in [4.69, 9.17) is 23.2 Å². The van der Waals surface area contributed by atoms with Gasteiger partial charge in [-0.05, 0) is 37.6 Å². The summed E-state index contributed by atoms with van der Waals surface area (Å²) >= 11 is 12.4. The summed E-state index contributed by atoms with van der Waals surface area (Å²) in [6, 6.07) is 3.74. The number of alkyl halides is 3. The van der Waals surface area contributed by atoms with E-state index in [0.717, 1.165) is 6.07 Å². The molecule has 0 aliphatic carbocycles. The second-order valence-corrected chi connectivity index (χ2v) is 6.90. The molecule has 0 spiro atoms. The van der Waals surface area contributed by atoms with Gasteiger partial charge in [-0.3, -0.25) is 0 Å². The molecule has 0 radical (unpaired) electrons.